The number of amidine groups is 1. The molecule has 2 aromatic rings. The Bertz CT molecular complexity index is 918. The second kappa shape index (κ2) is 5.78. The van der Waals surface area contributed by atoms with Crippen molar-refractivity contribution >= 4 is 29.5 Å². The van der Waals surface area contributed by atoms with E-state index in [-0.39, 0.29) is 4.59 Å². The molecule has 1 aromatic carbocycles. The lowest BCUT2D eigenvalue weighted by Crippen LogP contribution is -2.44. The van der Waals surface area contributed by atoms with Gasteiger partial charge in [0.05, 0.1) is 6.20 Å². The third kappa shape index (κ3) is 2.58. The van der Waals surface area contributed by atoms with Crippen LogP contribution in [-0.2, 0) is 0 Å². The number of nitrogens with one attached hydrogen (secondary N) is 1. The van der Waals surface area contributed by atoms with Crippen molar-refractivity contribution in [2.24, 2.45) is 15.1 Å². The largest absolute Gasteiger partial charge is 0.303 e. The van der Waals surface area contributed by atoms with Crippen LogP contribution in [0.3, 0.4) is 0 Å². The highest BCUT2D eigenvalue weighted by molar-refractivity contribution is 6.38. The van der Waals surface area contributed by atoms with Crippen LogP contribution in [0.5, 0.6) is 0 Å². The van der Waals surface area contributed by atoms with Gasteiger partial charge < -0.3 is 5.32 Å². The van der Waals surface area contributed by atoms with Gasteiger partial charge >= 0.3 is 0 Å². The van der Waals surface area contributed by atoms with Crippen LogP contribution >= 0.6 is 0 Å². The zero-order valence-electron chi connectivity index (χ0n) is 14.5. The summed E-state index contributed by atoms with van der Waals surface area (Å²) >= 11 is 0. The molecule has 1 aromatic heterocycles. The molecule has 3 heterocycles. The van der Waals surface area contributed by atoms with E-state index in [0.717, 1.165) is 23.0 Å². The molecule has 0 fully saturated rings. The molecule has 1 N–H and O–H groups in total. The first-order chi connectivity index (χ1) is 12.1. The predicted octanol–water partition coefficient (Wildman–Crippen LogP) is 3.43. The Balaban J connectivity index is 1.70. The van der Waals surface area contributed by atoms with Gasteiger partial charge in [-0.15, -0.1) is 0 Å². The van der Waals surface area contributed by atoms with Gasteiger partial charge in [-0.25, -0.2) is 0 Å². The summed E-state index contributed by atoms with van der Waals surface area (Å²) < 4.78 is 2.15. The van der Waals surface area contributed by atoms with Crippen molar-refractivity contribution < 1.29 is 0 Å². The molecule has 0 bridgehead atoms. The zero-order valence-corrected chi connectivity index (χ0v) is 14.5. The lowest BCUT2D eigenvalue weighted by atomic mass is 10.2. The number of aliphatic imine (C=N–C) groups is 2. The van der Waals surface area contributed by atoms with E-state index < -0.39 is 0 Å². The Kier molecular flexibility index (Phi) is 3.58. The minimum atomic E-state index is 0.177. The highest BCUT2D eigenvalue weighted by Gasteiger charge is 2.42. The van der Waals surface area contributed by atoms with Crippen LogP contribution in [0.4, 0.5) is 11.5 Å². The van der Waals surface area contributed by atoms with E-state index >= 15 is 0 Å². The summed E-state index contributed by atoms with van der Waals surface area (Å²) in [7, 11) is 0. The van der Waals surface area contributed by atoms with Crippen LogP contribution < -0.4 is 9.91 Å². The van der Waals surface area contributed by atoms with Gasteiger partial charge in [0.2, 0.25) is 0 Å². The molecule has 2 aliphatic heterocycles. The van der Waals surface area contributed by atoms with Crippen molar-refractivity contribution in [3.8, 4) is 0 Å². The number of quaternary nitrogens is 1. The molecule has 126 valence electrons. The molecule has 1 atom stereocenters. The van der Waals surface area contributed by atoms with Crippen LogP contribution in [0.1, 0.15) is 25.6 Å². The molecule has 0 saturated carbocycles. The van der Waals surface area contributed by atoms with Gasteiger partial charge in [0.1, 0.15) is 6.21 Å². The fraction of sp³-hybridized carbons (Fsp3) is 0.222. The number of aryl methyl sites for hydroxylation is 1. The fourth-order valence-electron chi connectivity index (χ4n) is 3.05. The van der Waals surface area contributed by atoms with Gasteiger partial charge in [-0.3, -0.25) is 9.67 Å². The smallest absolute Gasteiger partial charge is 0.288 e. The second-order valence-electron chi connectivity index (χ2n) is 6.33. The van der Waals surface area contributed by atoms with Crippen LogP contribution in [0.2, 0.25) is 0 Å². The Hall–Kier alpha value is -3.06. The van der Waals surface area contributed by atoms with Crippen LogP contribution in [-0.4, -0.2) is 27.8 Å². The van der Waals surface area contributed by atoms with E-state index in [0.29, 0.717) is 12.0 Å². The normalized spacial score (nSPS) is 21.3. The molecule has 0 spiro atoms. The van der Waals surface area contributed by atoms with Crippen LogP contribution in [0.25, 0.3) is 0 Å². The summed E-state index contributed by atoms with van der Waals surface area (Å²) in [5, 5.41) is 12.6. The van der Waals surface area contributed by atoms with Gasteiger partial charge in [-0.1, -0.05) is 22.8 Å². The summed E-state index contributed by atoms with van der Waals surface area (Å²) in [5.74, 6) is 2.00. The number of fused-ring (bicyclic) bond motifs is 1. The highest BCUT2D eigenvalue weighted by Crippen LogP contribution is 2.30. The third-order valence-corrected chi connectivity index (χ3v) is 4.18. The zero-order chi connectivity index (χ0) is 17.4. The number of guanidine groups is 1. The average molecular weight is 334 g/mol. The van der Waals surface area contributed by atoms with E-state index in [9.17, 15) is 0 Å². The summed E-state index contributed by atoms with van der Waals surface area (Å²) in [6.45, 7) is 6.25. The monoisotopic (exact) mass is 334 g/mol. The number of hydrogen-bond donors (Lipinski definition) is 1. The van der Waals surface area contributed by atoms with Gasteiger partial charge in [0.15, 0.2) is 17.7 Å². The maximum Gasteiger partial charge on any atom is 0.288 e. The lowest BCUT2D eigenvalue weighted by Gasteiger charge is -2.23. The molecule has 0 amide bonds. The maximum atomic E-state index is 4.80. The van der Waals surface area contributed by atoms with Crippen molar-refractivity contribution in [2.45, 2.75) is 26.8 Å². The molecule has 7 nitrogen and oxygen atoms in total. The van der Waals surface area contributed by atoms with E-state index in [2.05, 4.69) is 34.2 Å². The quantitative estimate of drug-likeness (QED) is 0.874. The molecule has 0 saturated heterocycles. The molecular weight excluding hydrogens is 314 g/mol. The van der Waals surface area contributed by atoms with Gasteiger partial charge in [0.25, 0.3) is 11.8 Å². The van der Waals surface area contributed by atoms with Crippen molar-refractivity contribution in [1.29, 1.82) is 0 Å². The van der Waals surface area contributed by atoms with Gasteiger partial charge in [-0.2, -0.15) is 10.1 Å². The Morgan fingerprint density at radius 1 is 1.16 bits per heavy atom. The number of hydrogen-bond acceptors (Lipinski definition) is 5. The molecule has 4 rings (SSSR count). The standard InChI is InChI=1S/C18H20N7/c1-13(2)24-14(3)11-16(22-24)20-18-21-17-12-19-9-10-25(17,23-18)15-7-5-4-6-8-15/h4-13H,1-3H3,(H,20,22,23)/q+1. The summed E-state index contributed by atoms with van der Waals surface area (Å²) in [6, 6.07) is 12.3. The van der Waals surface area contributed by atoms with Crippen molar-refractivity contribution in [1.82, 2.24) is 14.4 Å². The first-order valence-corrected chi connectivity index (χ1v) is 8.26. The van der Waals surface area contributed by atoms with Crippen molar-refractivity contribution in [3.63, 3.8) is 0 Å². The fourth-order valence-corrected chi connectivity index (χ4v) is 3.05. The van der Waals surface area contributed by atoms with Gasteiger partial charge in [-0.05, 0) is 25.9 Å². The Morgan fingerprint density at radius 3 is 2.68 bits per heavy atom. The lowest BCUT2D eigenvalue weighted by molar-refractivity contribution is 0.521. The summed E-state index contributed by atoms with van der Waals surface area (Å²) in [5.41, 5.74) is 2.10. The SMILES string of the molecule is Cc1cc(NC2=N[N+]3(c4ccccc4)C=CN=CC3=N2)nn1C(C)C. The summed E-state index contributed by atoms with van der Waals surface area (Å²) in [6.07, 6.45) is 5.40. The number of para-hydroxylation sites is 1. The average Bonchev–Trinajstić information content (AvgIpc) is 3.16. The molecule has 0 radical (unpaired) electrons. The van der Waals surface area contributed by atoms with Crippen molar-refractivity contribution in [2.75, 3.05) is 5.32 Å². The first kappa shape index (κ1) is 15.5. The first-order valence-electron chi connectivity index (χ1n) is 8.26. The number of anilines is 1. The molecule has 7 heteroatoms. The topological polar surface area (TPSA) is 66.9 Å². The van der Waals surface area contributed by atoms with Crippen molar-refractivity contribution in [3.05, 3.63) is 54.5 Å². The molecule has 0 aliphatic carbocycles. The molecule has 25 heavy (non-hydrogen) atoms. The van der Waals surface area contributed by atoms with Gasteiger partial charge in [0, 0.05) is 29.9 Å². The van der Waals surface area contributed by atoms with E-state index in [1.54, 1.807) is 12.4 Å². The molecule has 1 unspecified atom stereocenters. The second-order valence-corrected chi connectivity index (χ2v) is 6.33. The van der Waals surface area contributed by atoms with E-state index in [4.69, 9.17) is 5.10 Å². The Morgan fingerprint density at radius 2 is 1.96 bits per heavy atom. The number of benzene rings is 1. The van der Waals surface area contributed by atoms with Crippen LogP contribution in [0, 0.1) is 6.92 Å². The van der Waals surface area contributed by atoms with E-state index in [1.807, 2.05) is 54.2 Å². The Labute approximate surface area is 146 Å². The maximum absolute atomic E-state index is 4.80. The number of nitrogens with zero attached hydrogens (tertiary/aromatic N) is 6. The van der Waals surface area contributed by atoms with E-state index in [1.165, 1.54) is 0 Å². The molecule has 2 aliphatic rings. The highest BCUT2D eigenvalue weighted by atomic mass is 15.7. The number of rotatable bonds is 3. The third-order valence-electron chi connectivity index (χ3n) is 4.18. The number of aromatic nitrogens is 2. The summed E-state index contributed by atoms with van der Waals surface area (Å²) in [4.78, 5) is 8.82. The molecular formula is C18H20N7+. The van der Waals surface area contributed by atoms with Crippen LogP contribution in [0.15, 0.2) is 63.9 Å². The minimum Gasteiger partial charge on any atom is -0.303 e. The predicted molar refractivity (Wildman–Crippen MR) is 102 cm³/mol. The minimum absolute atomic E-state index is 0.177.